The third-order valence-corrected chi connectivity index (χ3v) is 0. The molecule has 0 aliphatic rings. The van der Waals surface area contributed by atoms with Gasteiger partial charge in [0.2, 0.25) is 0 Å². The average Bonchev–Trinajstić information content (AvgIpc) is 1.00. The van der Waals surface area contributed by atoms with E-state index in [9.17, 15) is 0 Å². The van der Waals surface area contributed by atoms with Gasteiger partial charge >= 0.3 is 0 Å². The van der Waals surface area contributed by atoms with Gasteiger partial charge in [0.15, 0.2) is 0 Å². The Morgan fingerprint density at radius 3 is 1.00 bits per heavy atom. The van der Waals surface area contributed by atoms with E-state index >= 15 is 0 Å². The van der Waals surface area contributed by atoms with Crippen LogP contribution in [0.25, 0.3) is 0 Å². The molecule has 0 heterocycles. The van der Waals surface area contributed by atoms with Crippen molar-refractivity contribution in [3.63, 3.8) is 0 Å². The first-order valence-corrected chi connectivity index (χ1v) is 9.00. The van der Waals surface area contributed by atoms with Gasteiger partial charge in [-0.15, -0.1) is 0 Å². The molecule has 0 N–H and O–H groups in total. The van der Waals surface area contributed by atoms with Crippen molar-refractivity contribution in [1.29, 1.82) is 0 Å². The Morgan fingerprint density at radius 2 is 1.00 bits per heavy atom. The van der Waals surface area contributed by atoms with Crippen LogP contribution in [0.4, 0.5) is 0 Å². The molecule has 0 aromatic heterocycles. The molecule has 0 nitrogen and oxygen atoms in total. The summed E-state index contributed by atoms with van der Waals surface area (Å²) in [4.78, 5) is 0. The van der Waals surface area contributed by atoms with Gasteiger partial charge in [0.25, 0.3) is 0 Å². The molecular formula is H6CrNiSi2. The van der Waals surface area contributed by atoms with Gasteiger partial charge in [-0.05, 0) is 19.5 Å². The van der Waals surface area contributed by atoms with Crippen LogP contribution in [-0.2, 0) is 33.9 Å². The predicted octanol–water partition coefficient (Wildman–Crippen LogP) is -2.37. The Labute approximate surface area is 53.4 Å². The van der Waals surface area contributed by atoms with Crippen LogP contribution in [0.3, 0.4) is 0 Å². The molecule has 0 aliphatic carbocycles. The molecule has 4 heavy (non-hydrogen) atoms. The van der Waals surface area contributed by atoms with Gasteiger partial charge in [-0.2, -0.15) is 0 Å². The van der Waals surface area contributed by atoms with Crippen LogP contribution in [0.1, 0.15) is 0 Å². The van der Waals surface area contributed by atoms with E-state index in [1.807, 2.05) is 0 Å². The van der Waals surface area contributed by atoms with Gasteiger partial charge in [-0.25, -0.2) is 0 Å². The zero-order chi connectivity index (χ0) is 2.00. The molecule has 0 saturated heterocycles. The Bertz CT molecular complexity index is 6.00. The van der Waals surface area contributed by atoms with Crippen LogP contribution in [0.5, 0.6) is 0 Å². The van der Waals surface area contributed by atoms with E-state index in [4.69, 9.17) is 0 Å². The minimum absolute atomic E-state index is 0. The van der Waals surface area contributed by atoms with Crippen molar-refractivity contribution in [1.82, 2.24) is 0 Å². The van der Waals surface area contributed by atoms with E-state index < -0.39 is 0 Å². The van der Waals surface area contributed by atoms with E-state index in [0.29, 0.717) is 0 Å². The fourth-order valence-electron chi connectivity index (χ4n) is 0. The summed E-state index contributed by atoms with van der Waals surface area (Å²) < 4.78 is 0. The van der Waals surface area contributed by atoms with Gasteiger partial charge in [-0.1, -0.05) is 0 Å². The molecular weight excluding hydrogens is 167 g/mol. The van der Waals surface area contributed by atoms with Gasteiger partial charge in [-0.3, -0.25) is 0 Å². The molecule has 0 saturated carbocycles. The molecule has 30 valence electrons. The second-order valence-corrected chi connectivity index (χ2v) is 0. The first kappa shape index (κ1) is 17.9. The third-order valence-electron chi connectivity index (χ3n) is 0. The Balaban J connectivity index is -0.00000000500. The van der Waals surface area contributed by atoms with E-state index in [2.05, 4.69) is 0 Å². The molecule has 0 aliphatic heterocycles. The number of hydrogen-bond donors (Lipinski definition) is 0. The van der Waals surface area contributed by atoms with Gasteiger partial charge in [0.05, 0.1) is 0 Å². The molecule has 0 radical (unpaired) electrons. The smallest absolute Gasteiger partial charge is 0 e. The zero-order valence-corrected chi connectivity index (χ0v) is 8.99. The molecule has 4 heteroatoms. The summed E-state index contributed by atoms with van der Waals surface area (Å²) in [5.74, 6) is 0. The summed E-state index contributed by atoms with van der Waals surface area (Å²) in [6.45, 7) is 0. The van der Waals surface area contributed by atoms with Crippen LogP contribution in [-0.4, -0.2) is 19.5 Å². The molecule has 0 unspecified atom stereocenters. The Hall–Kier alpha value is 1.46. The van der Waals surface area contributed by atoms with Gasteiger partial charge in [0, 0.05) is 33.9 Å². The van der Waals surface area contributed by atoms with E-state index in [1.165, 1.54) is 19.5 Å². The molecule has 0 aromatic carbocycles. The van der Waals surface area contributed by atoms with Gasteiger partial charge in [0.1, 0.15) is 0 Å². The summed E-state index contributed by atoms with van der Waals surface area (Å²) in [6, 6.07) is 0. The predicted molar refractivity (Wildman–Crippen MR) is 19.9 cm³/mol. The summed E-state index contributed by atoms with van der Waals surface area (Å²) >= 11 is 0. The summed E-state index contributed by atoms with van der Waals surface area (Å²) in [6.07, 6.45) is 0. The monoisotopic (exact) mass is 172 g/mol. The first-order valence-electron chi connectivity index (χ1n) is 1.00. The first-order chi connectivity index (χ1) is 1.00. The van der Waals surface area contributed by atoms with Gasteiger partial charge < -0.3 is 0 Å². The van der Waals surface area contributed by atoms with Crippen molar-refractivity contribution in [3.8, 4) is 0 Å². The molecule has 0 amide bonds. The maximum absolute atomic E-state index is 1.44. The van der Waals surface area contributed by atoms with Crippen LogP contribution in [0.2, 0.25) is 0 Å². The van der Waals surface area contributed by atoms with Crippen molar-refractivity contribution >= 4 is 19.5 Å². The summed E-state index contributed by atoms with van der Waals surface area (Å²) in [5, 5.41) is 0. The molecule has 0 atom stereocenters. The fourth-order valence-corrected chi connectivity index (χ4v) is 0. The fraction of sp³-hybridized carbons (Fsp3) is 0. The SMILES string of the molecule is [Cr].[Ni].[SiH3][SiH3]. The third kappa shape index (κ3) is 9.82. The van der Waals surface area contributed by atoms with Crippen molar-refractivity contribution in [2.75, 3.05) is 0 Å². The standard InChI is InChI=1S/Cr.Ni.H6Si2/c;;1-2/h;;1-2H3. The molecule has 0 spiro atoms. The van der Waals surface area contributed by atoms with E-state index in [1.54, 1.807) is 0 Å². The van der Waals surface area contributed by atoms with Crippen molar-refractivity contribution in [2.24, 2.45) is 0 Å². The van der Waals surface area contributed by atoms with Crippen molar-refractivity contribution in [2.45, 2.75) is 0 Å². The summed E-state index contributed by atoms with van der Waals surface area (Å²) in [7, 11) is 2.89. The van der Waals surface area contributed by atoms with Crippen molar-refractivity contribution in [3.05, 3.63) is 0 Å². The van der Waals surface area contributed by atoms with Crippen molar-refractivity contribution < 1.29 is 33.9 Å². The van der Waals surface area contributed by atoms with Crippen LogP contribution < -0.4 is 0 Å². The molecule has 0 rings (SSSR count). The maximum atomic E-state index is 1.44. The Morgan fingerprint density at radius 1 is 1.00 bits per heavy atom. The minimum atomic E-state index is 0. The molecule has 0 bridgehead atoms. The minimum Gasteiger partial charge on any atom is -0.0125 e. The van der Waals surface area contributed by atoms with Crippen LogP contribution in [0.15, 0.2) is 0 Å². The normalized spacial score (nSPS) is 3.00. The number of rotatable bonds is 0. The molecule has 0 aromatic rings. The second kappa shape index (κ2) is 25.1. The largest absolute Gasteiger partial charge is 0.0125 e. The van der Waals surface area contributed by atoms with E-state index in [0.717, 1.165) is 0 Å². The number of hydrogen-bond acceptors (Lipinski definition) is 0. The van der Waals surface area contributed by atoms with Crippen LogP contribution in [0, 0.1) is 0 Å². The summed E-state index contributed by atoms with van der Waals surface area (Å²) in [5.41, 5.74) is 0. The second-order valence-electron chi connectivity index (χ2n) is 0. The average molecular weight is 173 g/mol. The topological polar surface area (TPSA) is 0 Å². The zero-order valence-electron chi connectivity index (χ0n) is 2.72. The Kier molecular flexibility index (Phi) is 112. The maximum Gasteiger partial charge on any atom is 0 e. The van der Waals surface area contributed by atoms with E-state index in [-0.39, 0.29) is 33.9 Å². The van der Waals surface area contributed by atoms with Crippen LogP contribution >= 0.6 is 0 Å². The molecule has 0 fully saturated rings. The quantitative estimate of drug-likeness (QED) is 0.359.